The van der Waals surface area contributed by atoms with E-state index in [1.165, 1.54) is 0 Å². The van der Waals surface area contributed by atoms with Crippen LogP contribution in [0.15, 0.2) is 29.4 Å². The molecular weight excluding hydrogens is 459 g/mol. The number of rotatable bonds is 4. The number of carbonyl (C=O) groups is 1. The number of hydrogen-bond acceptors (Lipinski definition) is 7. The molecule has 1 aromatic heterocycles. The highest BCUT2D eigenvalue weighted by Gasteiger charge is 2.43. The summed E-state index contributed by atoms with van der Waals surface area (Å²) in [6, 6.07) is 3.86. The van der Waals surface area contributed by atoms with Crippen LogP contribution in [-0.2, 0) is 4.79 Å². The van der Waals surface area contributed by atoms with Crippen LogP contribution in [0, 0.1) is 12.8 Å². The molecule has 5 rings (SSSR count). The molecule has 0 aliphatic carbocycles. The summed E-state index contributed by atoms with van der Waals surface area (Å²) in [5.74, 6) is 1.01. The lowest BCUT2D eigenvalue weighted by atomic mass is 9.91. The third-order valence-electron chi connectivity index (χ3n) is 6.62. The Hall–Kier alpha value is -3.47. The summed E-state index contributed by atoms with van der Waals surface area (Å²) < 4.78 is 39.4. The zero-order chi connectivity index (χ0) is 24.7. The molecule has 35 heavy (non-hydrogen) atoms. The van der Waals surface area contributed by atoms with Crippen LogP contribution in [0.1, 0.15) is 29.5 Å². The second kappa shape index (κ2) is 8.95. The molecule has 1 amide bonds. The van der Waals surface area contributed by atoms with E-state index in [0.717, 1.165) is 33.9 Å². The maximum absolute atomic E-state index is 13.1. The van der Waals surface area contributed by atoms with Crippen LogP contribution in [-0.4, -0.2) is 60.6 Å². The van der Waals surface area contributed by atoms with Crippen molar-refractivity contribution in [2.24, 2.45) is 10.9 Å². The largest absolute Gasteiger partial charge is 0.403 e. The molecule has 1 fully saturated rings. The van der Waals surface area contributed by atoms with E-state index < -0.39 is 24.0 Å². The second-order valence-electron chi connectivity index (χ2n) is 8.93. The molecule has 184 valence electrons. The van der Waals surface area contributed by atoms with Crippen molar-refractivity contribution in [2.75, 3.05) is 42.2 Å². The van der Waals surface area contributed by atoms with Gasteiger partial charge in [0.25, 0.3) is 0 Å². The summed E-state index contributed by atoms with van der Waals surface area (Å²) >= 11 is 0. The Morgan fingerprint density at radius 3 is 2.89 bits per heavy atom. The van der Waals surface area contributed by atoms with Gasteiger partial charge in [-0.25, -0.2) is 4.98 Å². The molecule has 0 radical (unpaired) electrons. The number of aryl methyl sites for hydroxylation is 1. The van der Waals surface area contributed by atoms with Crippen molar-refractivity contribution in [3.05, 3.63) is 41.1 Å². The Bertz CT molecular complexity index is 1220. The molecule has 4 heterocycles. The van der Waals surface area contributed by atoms with Crippen molar-refractivity contribution < 1.29 is 18.0 Å². The maximum atomic E-state index is 13.1. The Morgan fingerprint density at radius 1 is 1.29 bits per heavy atom. The van der Waals surface area contributed by atoms with Gasteiger partial charge in [-0.15, -0.1) is 0 Å². The molecule has 1 aromatic carbocycles. The number of aromatic nitrogens is 2. The minimum Gasteiger partial charge on any atom is -0.357 e. The van der Waals surface area contributed by atoms with E-state index >= 15 is 0 Å². The fourth-order valence-electron chi connectivity index (χ4n) is 4.76. The molecule has 8 nitrogen and oxygen atoms in total. The highest BCUT2D eigenvalue weighted by Crippen LogP contribution is 2.37. The number of fused-ring (bicyclic) bond motifs is 3. The standard InChI is InChI=1S/C24H26F3N7O/c1-13-3-4-16(32-22(35)14-5-6-29-19(10-14)24(25,26)27)11-17(13)18-9-15-12-31-23(28-2)33-20(15)34-8-7-30-21(18)34/h3-4,9,11-12,14,19,29H,5-8,10H2,1-2H3,(H,32,35)(H,28,31,33). The fraction of sp³-hybridized carbons (Fsp3) is 0.417. The van der Waals surface area contributed by atoms with Crippen molar-refractivity contribution in [3.63, 3.8) is 0 Å². The highest BCUT2D eigenvalue weighted by atomic mass is 19.4. The zero-order valence-corrected chi connectivity index (χ0v) is 19.4. The number of nitrogens with zero attached hydrogens (tertiary/aromatic N) is 4. The molecule has 0 saturated carbocycles. The first-order valence-corrected chi connectivity index (χ1v) is 11.6. The number of amidine groups is 1. The number of nitrogens with one attached hydrogen (secondary N) is 3. The Kier molecular flexibility index (Phi) is 5.96. The van der Waals surface area contributed by atoms with E-state index in [-0.39, 0.29) is 13.0 Å². The normalized spacial score (nSPS) is 21.6. The monoisotopic (exact) mass is 485 g/mol. The SMILES string of the molecule is CNc1ncc2c(n1)N1CCN=C1C(c1cc(NC(=O)C3CCNC(C(F)(F)F)C3)ccc1C)=C2. The number of benzene rings is 1. The maximum Gasteiger partial charge on any atom is 0.403 e. The lowest BCUT2D eigenvalue weighted by Crippen LogP contribution is -2.49. The summed E-state index contributed by atoms with van der Waals surface area (Å²) in [5, 5.41) is 8.25. The van der Waals surface area contributed by atoms with E-state index in [4.69, 9.17) is 4.99 Å². The van der Waals surface area contributed by atoms with Crippen LogP contribution < -0.4 is 20.9 Å². The molecule has 0 bridgehead atoms. The molecule has 11 heteroatoms. The van der Waals surface area contributed by atoms with Gasteiger partial charge in [0.05, 0.1) is 6.54 Å². The lowest BCUT2D eigenvalue weighted by Gasteiger charge is -2.31. The van der Waals surface area contributed by atoms with Gasteiger partial charge >= 0.3 is 6.18 Å². The second-order valence-corrected chi connectivity index (χ2v) is 8.93. The molecule has 3 aliphatic rings. The summed E-state index contributed by atoms with van der Waals surface area (Å²) in [5.41, 5.74) is 4.16. The third kappa shape index (κ3) is 4.47. The van der Waals surface area contributed by atoms with Crippen molar-refractivity contribution in [1.29, 1.82) is 0 Å². The van der Waals surface area contributed by atoms with Gasteiger partial charge in [-0.1, -0.05) is 6.07 Å². The number of aliphatic imine (C=N–C) groups is 1. The van der Waals surface area contributed by atoms with Gasteiger partial charge in [0.1, 0.15) is 17.7 Å². The van der Waals surface area contributed by atoms with Crippen LogP contribution in [0.25, 0.3) is 11.6 Å². The van der Waals surface area contributed by atoms with E-state index in [1.807, 2.05) is 25.1 Å². The summed E-state index contributed by atoms with van der Waals surface area (Å²) in [4.78, 5) is 28.5. The predicted molar refractivity (Wildman–Crippen MR) is 129 cm³/mol. The smallest absolute Gasteiger partial charge is 0.357 e. The van der Waals surface area contributed by atoms with Gasteiger partial charge in [0.15, 0.2) is 0 Å². The van der Waals surface area contributed by atoms with E-state index in [0.29, 0.717) is 31.1 Å². The molecule has 3 aliphatic heterocycles. The first-order chi connectivity index (χ1) is 16.7. The number of carbonyl (C=O) groups excluding carboxylic acids is 1. The van der Waals surface area contributed by atoms with E-state index in [2.05, 4.69) is 30.8 Å². The number of hydrogen-bond donors (Lipinski definition) is 3. The van der Waals surface area contributed by atoms with Crippen LogP contribution in [0.5, 0.6) is 0 Å². The van der Waals surface area contributed by atoms with Gasteiger partial charge in [-0.2, -0.15) is 18.2 Å². The average molecular weight is 486 g/mol. The molecular formula is C24H26F3N7O. The van der Waals surface area contributed by atoms with Crippen molar-refractivity contribution >= 4 is 40.8 Å². The quantitative estimate of drug-likeness (QED) is 0.614. The lowest BCUT2D eigenvalue weighted by molar-refractivity contribution is -0.164. The van der Waals surface area contributed by atoms with E-state index in [1.54, 1.807) is 19.3 Å². The van der Waals surface area contributed by atoms with E-state index in [9.17, 15) is 18.0 Å². The fourth-order valence-corrected chi connectivity index (χ4v) is 4.76. The number of anilines is 3. The Labute approximate surface area is 200 Å². The highest BCUT2D eigenvalue weighted by molar-refractivity contribution is 6.36. The van der Waals surface area contributed by atoms with Crippen LogP contribution in [0.2, 0.25) is 0 Å². The third-order valence-corrected chi connectivity index (χ3v) is 6.62. The van der Waals surface area contributed by atoms with Gasteiger partial charge in [0.2, 0.25) is 11.9 Å². The van der Waals surface area contributed by atoms with Gasteiger partial charge in [-0.3, -0.25) is 9.79 Å². The number of alkyl halides is 3. The molecule has 3 N–H and O–H groups in total. The minimum atomic E-state index is -4.37. The minimum absolute atomic E-state index is 0.153. The molecule has 1 saturated heterocycles. The number of amides is 1. The number of halogens is 3. The van der Waals surface area contributed by atoms with Gasteiger partial charge < -0.3 is 20.9 Å². The molecule has 2 unspecified atom stereocenters. The first-order valence-electron chi connectivity index (χ1n) is 11.6. The number of piperidine rings is 1. The molecule has 2 atom stereocenters. The van der Waals surface area contributed by atoms with Crippen LogP contribution in [0.3, 0.4) is 0 Å². The molecule has 0 spiro atoms. The summed E-state index contributed by atoms with van der Waals surface area (Å²) in [6.45, 7) is 3.46. The summed E-state index contributed by atoms with van der Waals surface area (Å²) in [7, 11) is 1.76. The van der Waals surface area contributed by atoms with Gasteiger partial charge in [-0.05, 0) is 55.6 Å². The topological polar surface area (TPSA) is 94.5 Å². The van der Waals surface area contributed by atoms with Crippen molar-refractivity contribution in [2.45, 2.75) is 32.0 Å². The Morgan fingerprint density at radius 2 is 2.11 bits per heavy atom. The van der Waals surface area contributed by atoms with Crippen LogP contribution in [0.4, 0.5) is 30.6 Å². The van der Waals surface area contributed by atoms with Crippen molar-refractivity contribution in [3.8, 4) is 0 Å². The Balaban J connectivity index is 1.42. The average Bonchev–Trinajstić information content (AvgIpc) is 3.34. The van der Waals surface area contributed by atoms with Gasteiger partial charge in [0, 0.05) is 42.5 Å². The van der Waals surface area contributed by atoms with Crippen LogP contribution >= 0.6 is 0 Å². The summed E-state index contributed by atoms with van der Waals surface area (Å²) in [6.07, 6.45) is -0.524. The first kappa shape index (κ1) is 23.3. The predicted octanol–water partition coefficient (Wildman–Crippen LogP) is 3.47. The van der Waals surface area contributed by atoms with Crippen molar-refractivity contribution in [1.82, 2.24) is 15.3 Å². The zero-order valence-electron chi connectivity index (χ0n) is 19.4. The molecule has 2 aromatic rings.